The Balaban J connectivity index is 0.673. The van der Waals surface area contributed by atoms with Gasteiger partial charge in [0.05, 0.1) is 74.1 Å². The van der Waals surface area contributed by atoms with Crippen molar-refractivity contribution in [3.63, 3.8) is 0 Å². The lowest BCUT2D eigenvalue weighted by molar-refractivity contribution is -0.374. The molecule has 0 aromatic carbocycles. The molecule has 0 radical (unpaired) electrons. The number of ether oxygens (including phenoxy) is 18. The van der Waals surface area contributed by atoms with Crippen molar-refractivity contribution in [3.05, 3.63) is 11.6 Å². The highest BCUT2D eigenvalue weighted by molar-refractivity contribution is 5.66. The molecule has 0 unspecified atom stereocenters. The average Bonchev–Trinajstić information content (AvgIpc) is 1.76. The molecule has 462 valence electrons. The van der Waals surface area contributed by atoms with E-state index >= 15 is 0 Å². The molecule has 31 atom stereocenters. The summed E-state index contributed by atoms with van der Waals surface area (Å²) in [6.07, 6.45) is -11.6. The molecule has 8 aliphatic heterocycles. The molecule has 24 heteroatoms. The van der Waals surface area contributed by atoms with Crippen LogP contribution in [-0.2, 0) is 90.1 Å². The molecular formula is C57H90O24. The summed E-state index contributed by atoms with van der Waals surface area (Å²) in [5, 5.41) is 52.4. The summed E-state index contributed by atoms with van der Waals surface area (Å²) in [6.45, 7) is 13.5. The van der Waals surface area contributed by atoms with E-state index in [4.69, 9.17) is 85.3 Å². The Hall–Kier alpha value is -1.67. The summed E-state index contributed by atoms with van der Waals surface area (Å²) in [5.41, 5.74) is 0.758. The normalized spacial score (nSPS) is 54.0. The topological polar surface area (TPSA) is 284 Å². The number of hydrogen-bond donors (Lipinski definition) is 5. The monoisotopic (exact) mass is 1160 g/mol. The Morgan fingerprint density at radius 3 is 1.78 bits per heavy atom. The van der Waals surface area contributed by atoms with Gasteiger partial charge in [-0.2, -0.15) is 0 Å². The predicted octanol–water partition coefficient (Wildman–Crippen LogP) is 1.87. The highest BCUT2D eigenvalue weighted by Crippen LogP contribution is 2.76. The standard InChI is InChI=1S/C57H90O24/c1-25-46(34(64-8)19-39(70-25)74-31-14-17-56(24-68-29(5)59)30(18-31)12-13-33-32(56)15-16-54(6)51-38-23-69-55(51,7)81-57(33,54)80-38)76-40-20-35(65-9)47(26(2)71-40)77-41-21-36(66-10)48(27(3)72-41)78-53-45(63)50(67-11)49(28(4)73-53)79-52-44(62)43(61)42(60)37(22-58)75-52/h12,25-28,31-53,58,60-63H,13-24H2,1-11H3/t25-,26-,27-,28-,31+,32+,33-,34-,35+,36-,37-,38-,39+,40+,41+,42-,43+,44-,45-,46-,47-,48-,49-,50-,51+,52+,53+,54-,55+,56-,57+/m1/s1. The summed E-state index contributed by atoms with van der Waals surface area (Å²) in [7, 11) is 6.21. The summed E-state index contributed by atoms with van der Waals surface area (Å²) in [6, 6.07) is 0. The number of aliphatic hydroxyl groups excluding tert-OH is 5. The van der Waals surface area contributed by atoms with Gasteiger partial charge in [0.2, 0.25) is 0 Å². The molecule has 81 heavy (non-hydrogen) atoms. The summed E-state index contributed by atoms with van der Waals surface area (Å²) >= 11 is 0. The second-order valence-corrected chi connectivity index (χ2v) is 25.1. The molecule has 2 saturated carbocycles. The second-order valence-electron chi connectivity index (χ2n) is 25.1. The lowest BCUT2D eigenvalue weighted by Crippen LogP contribution is -2.65. The van der Waals surface area contributed by atoms with Crippen molar-refractivity contribution in [2.24, 2.45) is 28.6 Å². The Morgan fingerprint density at radius 1 is 0.642 bits per heavy atom. The number of aliphatic hydroxyl groups is 5. The van der Waals surface area contributed by atoms with Crippen LogP contribution in [0.5, 0.6) is 0 Å². The lowest BCUT2D eigenvalue weighted by atomic mass is 9.47. The van der Waals surface area contributed by atoms with E-state index in [1.165, 1.54) is 19.6 Å². The van der Waals surface area contributed by atoms with Gasteiger partial charge in [0.25, 0.3) is 0 Å². The van der Waals surface area contributed by atoms with Gasteiger partial charge < -0.3 is 111 Å². The van der Waals surface area contributed by atoms with Gasteiger partial charge in [0.1, 0.15) is 67.6 Å². The van der Waals surface area contributed by atoms with Gasteiger partial charge in [0.15, 0.2) is 43.0 Å². The Bertz CT molecular complexity index is 2210. The van der Waals surface area contributed by atoms with Gasteiger partial charge in [-0.25, -0.2) is 0 Å². The maximum absolute atomic E-state index is 12.5. The van der Waals surface area contributed by atoms with Crippen molar-refractivity contribution in [3.8, 4) is 0 Å². The molecule has 11 rings (SSSR count). The van der Waals surface area contributed by atoms with Crippen molar-refractivity contribution >= 4 is 5.97 Å². The van der Waals surface area contributed by atoms with Gasteiger partial charge in [0, 0.05) is 71.4 Å². The van der Waals surface area contributed by atoms with Crippen LogP contribution in [-0.4, -0.2) is 239 Å². The van der Waals surface area contributed by atoms with Gasteiger partial charge in [-0.15, -0.1) is 0 Å². The van der Waals surface area contributed by atoms with E-state index in [0.29, 0.717) is 32.5 Å². The van der Waals surface area contributed by atoms with Crippen LogP contribution in [0.4, 0.5) is 0 Å². The summed E-state index contributed by atoms with van der Waals surface area (Å²) < 4.78 is 114. The molecule has 11 aliphatic rings. The predicted molar refractivity (Wildman–Crippen MR) is 275 cm³/mol. The third-order valence-corrected chi connectivity index (χ3v) is 20.6. The van der Waals surface area contributed by atoms with Gasteiger partial charge in [-0.3, -0.25) is 4.79 Å². The number of allylic oxidation sites excluding steroid dienone is 1. The van der Waals surface area contributed by atoms with E-state index in [2.05, 4.69) is 19.9 Å². The molecule has 0 amide bonds. The number of methoxy groups -OCH3 is 4. The number of esters is 1. The van der Waals surface area contributed by atoms with E-state index in [9.17, 15) is 30.3 Å². The van der Waals surface area contributed by atoms with Gasteiger partial charge >= 0.3 is 5.97 Å². The average molecular weight is 1160 g/mol. The third kappa shape index (κ3) is 10.6. The molecule has 0 aromatic rings. The zero-order valence-electron chi connectivity index (χ0n) is 48.6. The quantitative estimate of drug-likeness (QED) is 0.103. The van der Waals surface area contributed by atoms with Gasteiger partial charge in [-0.05, 0) is 79.1 Å². The number of carbonyl (C=O) groups excluding carboxylic acids is 1. The number of carbonyl (C=O) groups is 1. The minimum atomic E-state index is -1.67. The minimum absolute atomic E-state index is 0.0224. The molecule has 8 saturated heterocycles. The smallest absolute Gasteiger partial charge is 0.302 e. The molecule has 8 heterocycles. The lowest BCUT2D eigenvalue weighted by Gasteiger charge is -2.60. The zero-order chi connectivity index (χ0) is 57.7. The van der Waals surface area contributed by atoms with Crippen LogP contribution >= 0.6 is 0 Å². The zero-order valence-corrected chi connectivity index (χ0v) is 48.6. The molecule has 2 bridgehead atoms. The van der Waals surface area contributed by atoms with Crippen LogP contribution in [0.2, 0.25) is 0 Å². The first-order chi connectivity index (χ1) is 38.6. The first-order valence-electron chi connectivity index (χ1n) is 29.5. The molecule has 24 nitrogen and oxygen atoms in total. The molecule has 3 aliphatic carbocycles. The van der Waals surface area contributed by atoms with Crippen molar-refractivity contribution in [2.45, 2.75) is 265 Å². The van der Waals surface area contributed by atoms with E-state index in [1.54, 1.807) is 28.3 Å². The highest BCUT2D eigenvalue weighted by Gasteiger charge is 2.83. The molecule has 0 spiro atoms. The third-order valence-electron chi connectivity index (χ3n) is 20.6. The fraction of sp³-hybridized carbons (Fsp3) is 0.947. The SMILES string of the molecule is CO[C@@H]1[C@@H](O)[C@H](O[C@@H]2[C@@H](C)O[C@@H](O[C@H]3[C@@H](OC)C[C@H](O[C@@H]4[C@@H](C)O[C@@H](O[C@H]5CC[C@@]6(COC(C)=O)C(=CC[C@@H]7[C@@H]6CC[C@]6(C)[C@@H]8[C@H]9CO[C@@]8(C)O[C@@]76O9)C5)C[C@H]4OC)O[C@@H]3C)C[C@H]2OC)O[C@H](C)[C@H]1O[C@@H]1O[C@H](CO)[C@@H](O)[C@H](O)[C@H]1O. The van der Waals surface area contributed by atoms with Crippen LogP contribution in [0.3, 0.4) is 0 Å². The van der Waals surface area contributed by atoms with Crippen LogP contribution < -0.4 is 0 Å². The number of rotatable bonds is 17. The van der Waals surface area contributed by atoms with Gasteiger partial charge in [-0.1, -0.05) is 18.6 Å². The van der Waals surface area contributed by atoms with Crippen LogP contribution in [0, 0.1) is 28.6 Å². The molecule has 0 aromatic heterocycles. The van der Waals surface area contributed by atoms with Crippen molar-refractivity contribution in [1.29, 1.82) is 0 Å². The van der Waals surface area contributed by atoms with Crippen molar-refractivity contribution < 1.29 is 116 Å². The first-order valence-corrected chi connectivity index (χ1v) is 29.5. The molecule has 10 fully saturated rings. The summed E-state index contributed by atoms with van der Waals surface area (Å²) in [5.74, 6) is -1.20. The number of hydrogen-bond acceptors (Lipinski definition) is 24. The second kappa shape index (κ2) is 23.8. The first kappa shape index (κ1) is 61.0. The molecular weight excluding hydrogens is 1070 g/mol. The van der Waals surface area contributed by atoms with Crippen LogP contribution in [0.15, 0.2) is 11.6 Å². The van der Waals surface area contributed by atoms with E-state index in [0.717, 1.165) is 32.1 Å². The molecule has 5 N–H and O–H groups in total. The summed E-state index contributed by atoms with van der Waals surface area (Å²) in [4.78, 5) is 12.5. The Morgan fingerprint density at radius 2 is 1.21 bits per heavy atom. The van der Waals surface area contributed by atoms with E-state index < -0.39 is 147 Å². The van der Waals surface area contributed by atoms with Crippen molar-refractivity contribution in [2.75, 3.05) is 48.3 Å². The Labute approximate surface area is 474 Å². The van der Waals surface area contributed by atoms with Crippen LogP contribution in [0.1, 0.15) is 106 Å². The van der Waals surface area contributed by atoms with Crippen molar-refractivity contribution in [1.82, 2.24) is 0 Å². The van der Waals surface area contributed by atoms with E-state index in [1.807, 2.05) is 20.8 Å². The highest BCUT2D eigenvalue weighted by atomic mass is 16.8. The maximum Gasteiger partial charge on any atom is 0.302 e. The maximum atomic E-state index is 12.5. The largest absolute Gasteiger partial charge is 0.465 e. The number of fused-ring (bicyclic) bond motifs is 3. The van der Waals surface area contributed by atoms with Crippen LogP contribution in [0.25, 0.3) is 0 Å². The Kier molecular flexibility index (Phi) is 17.9. The fourth-order valence-corrected chi connectivity index (χ4v) is 16.7. The fourth-order valence-electron chi connectivity index (χ4n) is 16.7. The minimum Gasteiger partial charge on any atom is -0.465 e. The van der Waals surface area contributed by atoms with E-state index in [-0.39, 0.29) is 59.3 Å².